The van der Waals surface area contributed by atoms with Crippen molar-refractivity contribution < 1.29 is 22.7 Å². The summed E-state index contributed by atoms with van der Waals surface area (Å²) in [6.07, 6.45) is -4.56. The Hall–Kier alpha value is -3.07. The van der Waals surface area contributed by atoms with Crippen molar-refractivity contribution in [2.45, 2.75) is 46.0 Å². The lowest BCUT2D eigenvalue weighted by Crippen LogP contribution is -2.49. The van der Waals surface area contributed by atoms with E-state index < -0.39 is 17.3 Å². The number of nitrogens with one attached hydrogen (secondary N) is 1. The molecule has 2 aliphatic heterocycles. The molecule has 2 aromatic carbocycles. The van der Waals surface area contributed by atoms with E-state index in [9.17, 15) is 18.0 Å². The number of rotatable bonds is 3. The predicted octanol–water partition coefficient (Wildman–Crippen LogP) is 5.34. The molecule has 0 radical (unpaired) electrons. The van der Waals surface area contributed by atoms with E-state index in [1.807, 2.05) is 32.9 Å². The molecule has 5 nitrogen and oxygen atoms in total. The molecule has 2 aliphatic rings. The Kier molecular flexibility index (Phi) is 5.88. The van der Waals surface area contributed by atoms with Crippen molar-refractivity contribution >= 4 is 28.9 Å². The summed E-state index contributed by atoms with van der Waals surface area (Å²) in [4.78, 5) is 16.8. The van der Waals surface area contributed by atoms with Crippen LogP contribution in [0.25, 0.3) is 5.70 Å². The molecule has 0 aliphatic carbocycles. The molecule has 0 unspecified atom stereocenters. The van der Waals surface area contributed by atoms with Crippen molar-refractivity contribution in [3.63, 3.8) is 0 Å². The fourth-order valence-electron chi connectivity index (χ4n) is 4.73. The first kappa shape index (κ1) is 24.1. The maximum absolute atomic E-state index is 13.9. The van der Waals surface area contributed by atoms with E-state index >= 15 is 0 Å². The first-order valence-electron chi connectivity index (χ1n) is 10.9. The zero-order valence-electron chi connectivity index (χ0n) is 19.6. The molecule has 0 fully saturated rings. The highest BCUT2D eigenvalue weighted by Crippen LogP contribution is 2.49. The van der Waals surface area contributed by atoms with Gasteiger partial charge in [-0.25, -0.2) is 0 Å². The molecule has 4 rings (SSSR count). The summed E-state index contributed by atoms with van der Waals surface area (Å²) in [6.45, 7) is 7.74. The number of hydrogen-bond donors (Lipinski definition) is 1. The number of alkyl halides is 3. The van der Waals surface area contributed by atoms with E-state index in [2.05, 4.69) is 5.32 Å². The minimum absolute atomic E-state index is 0.000440. The van der Waals surface area contributed by atoms with Crippen molar-refractivity contribution in [3.05, 3.63) is 69.9 Å². The first-order valence-corrected chi connectivity index (χ1v) is 11.4. The lowest BCUT2D eigenvalue weighted by atomic mass is 9.89. The lowest BCUT2D eigenvalue weighted by molar-refractivity contribution is -0.138. The van der Waals surface area contributed by atoms with Crippen LogP contribution in [0.15, 0.2) is 42.1 Å². The second-order valence-corrected chi connectivity index (χ2v) is 9.25. The van der Waals surface area contributed by atoms with Gasteiger partial charge in [-0.15, -0.1) is 0 Å². The third kappa shape index (κ3) is 3.81. The van der Waals surface area contributed by atoms with Crippen LogP contribution in [-0.4, -0.2) is 40.0 Å². The van der Waals surface area contributed by atoms with E-state index in [1.165, 1.54) is 13.0 Å². The molecular weight excluding hydrogens is 463 g/mol. The number of thiocarbonyl (C=S) groups is 1. The van der Waals surface area contributed by atoms with Gasteiger partial charge >= 0.3 is 6.18 Å². The minimum atomic E-state index is -4.56. The van der Waals surface area contributed by atoms with Crippen molar-refractivity contribution in [2.24, 2.45) is 0 Å². The maximum Gasteiger partial charge on any atom is 0.416 e. The fraction of sp³-hybridized carbons (Fsp3) is 0.360. The number of fused-ring (bicyclic) bond motifs is 2. The number of halogens is 3. The normalized spacial score (nSPS) is 16.7. The zero-order chi connectivity index (χ0) is 25.0. The number of carbonyl (C=O) groups excluding carboxylic acids is 1. The summed E-state index contributed by atoms with van der Waals surface area (Å²) in [5, 5.41) is 3.46. The molecule has 0 spiro atoms. The Morgan fingerprint density at radius 3 is 2.53 bits per heavy atom. The Balaban J connectivity index is 2.04. The number of nitrogens with zero attached hydrogens (tertiary/aromatic N) is 2. The van der Waals surface area contributed by atoms with Crippen LogP contribution in [0.2, 0.25) is 0 Å². The molecule has 1 N–H and O–H groups in total. The largest absolute Gasteiger partial charge is 0.481 e. The summed E-state index contributed by atoms with van der Waals surface area (Å²) in [5.74, 6) is 0.0205. The highest BCUT2D eigenvalue weighted by atomic mass is 32.1. The van der Waals surface area contributed by atoms with Gasteiger partial charge in [-0.05, 0) is 69.2 Å². The second-order valence-electron chi connectivity index (χ2n) is 8.86. The van der Waals surface area contributed by atoms with E-state index in [-0.39, 0.29) is 23.6 Å². The average molecular weight is 490 g/mol. The van der Waals surface area contributed by atoms with Crippen LogP contribution >= 0.6 is 12.2 Å². The molecule has 0 saturated carbocycles. The summed E-state index contributed by atoms with van der Waals surface area (Å²) >= 11 is 5.54. The molecule has 9 heteroatoms. The molecule has 0 aromatic heterocycles. The number of likely N-dealkylation sites (N-methyl/N-ethyl adjacent to an activating group) is 1. The highest BCUT2D eigenvalue weighted by Gasteiger charge is 2.45. The molecule has 2 aromatic rings. The zero-order valence-corrected chi connectivity index (χ0v) is 20.4. The van der Waals surface area contributed by atoms with Crippen LogP contribution in [0.1, 0.15) is 53.4 Å². The maximum atomic E-state index is 13.9. The topological polar surface area (TPSA) is 44.8 Å². The summed E-state index contributed by atoms with van der Waals surface area (Å²) < 4.78 is 47.9. The first-order chi connectivity index (χ1) is 15.9. The molecule has 2 heterocycles. The Morgan fingerprint density at radius 2 is 1.91 bits per heavy atom. The molecule has 180 valence electrons. The molecule has 1 amide bonds. The number of ether oxygens (including phenoxy) is 1. The fourth-order valence-corrected chi connectivity index (χ4v) is 4.97. The standard InChI is InChI=1S/C25H26F3N3O2S/c1-6-29-23(34)30(5)21-20(31-13-15-9-7-8-10-16(15)22(31)32)19-14(2)17(25(26,27)28)11-12-18(19)33-24(21,3)4/h7-12H,6,13H2,1-5H3,(H,29,34). The predicted molar refractivity (Wildman–Crippen MR) is 128 cm³/mol. The molecule has 0 bridgehead atoms. The molecule has 34 heavy (non-hydrogen) atoms. The number of hydrogen-bond acceptors (Lipinski definition) is 3. The van der Waals surface area contributed by atoms with Gasteiger partial charge in [0.2, 0.25) is 0 Å². The number of benzene rings is 2. The van der Waals surface area contributed by atoms with Crippen LogP contribution in [0.3, 0.4) is 0 Å². The van der Waals surface area contributed by atoms with Crippen LogP contribution in [0.4, 0.5) is 13.2 Å². The second kappa shape index (κ2) is 8.30. The third-order valence-corrected chi connectivity index (χ3v) is 6.61. The van der Waals surface area contributed by atoms with Gasteiger partial charge < -0.3 is 19.9 Å². The molecular formula is C25H26F3N3O2S. The highest BCUT2D eigenvalue weighted by molar-refractivity contribution is 7.80. The van der Waals surface area contributed by atoms with Gasteiger partial charge in [0, 0.05) is 24.7 Å². The lowest BCUT2D eigenvalue weighted by Gasteiger charge is -2.43. The average Bonchev–Trinajstić information content (AvgIpc) is 3.07. The summed E-state index contributed by atoms with van der Waals surface area (Å²) in [6, 6.07) is 9.56. The van der Waals surface area contributed by atoms with Gasteiger partial charge in [-0.2, -0.15) is 13.2 Å². The third-order valence-electron chi connectivity index (χ3n) is 6.19. The van der Waals surface area contributed by atoms with Gasteiger partial charge in [0.05, 0.1) is 23.5 Å². The number of carbonyl (C=O) groups is 1. The van der Waals surface area contributed by atoms with Crippen LogP contribution in [-0.2, 0) is 12.7 Å². The SMILES string of the molecule is CCNC(=S)N(C)C1=C(N2Cc3ccccc3C2=O)c2c(ccc(C(F)(F)F)c2C)OC1(C)C. The van der Waals surface area contributed by atoms with Gasteiger partial charge in [0.15, 0.2) is 5.11 Å². The van der Waals surface area contributed by atoms with Gasteiger partial charge in [0.1, 0.15) is 11.4 Å². The van der Waals surface area contributed by atoms with Gasteiger partial charge in [-0.3, -0.25) is 4.79 Å². The van der Waals surface area contributed by atoms with E-state index in [1.54, 1.807) is 29.0 Å². The monoisotopic (exact) mass is 489 g/mol. The minimum Gasteiger partial charge on any atom is -0.481 e. The Morgan fingerprint density at radius 1 is 1.24 bits per heavy atom. The van der Waals surface area contributed by atoms with E-state index in [4.69, 9.17) is 17.0 Å². The summed E-state index contributed by atoms with van der Waals surface area (Å²) in [7, 11) is 1.73. The van der Waals surface area contributed by atoms with E-state index in [0.717, 1.165) is 11.6 Å². The Labute approximate surface area is 202 Å². The smallest absolute Gasteiger partial charge is 0.416 e. The number of amides is 1. The Bertz CT molecular complexity index is 1220. The van der Waals surface area contributed by atoms with Crippen LogP contribution in [0, 0.1) is 6.92 Å². The van der Waals surface area contributed by atoms with Crippen molar-refractivity contribution in [2.75, 3.05) is 13.6 Å². The van der Waals surface area contributed by atoms with E-state index in [0.29, 0.717) is 34.4 Å². The quantitative estimate of drug-likeness (QED) is 0.590. The van der Waals surface area contributed by atoms with Gasteiger partial charge in [-0.1, -0.05) is 18.2 Å². The van der Waals surface area contributed by atoms with Crippen molar-refractivity contribution in [1.82, 2.24) is 15.1 Å². The molecule has 0 saturated heterocycles. The van der Waals surface area contributed by atoms with Gasteiger partial charge in [0.25, 0.3) is 5.91 Å². The van der Waals surface area contributed by atoms with Crippen LogP contribution < -0.4 is 10.1 Å². The van der Waals surface area contributed by atoms with Crippen molar-refractivity contribution in [3.8, 4) is 5.75 Å². The van der Waals surface area contributed by atoms with Crippen molar-refractivity contribution in [1.29, 1.82) is 0 Å². The molecule has 0 atom stereocenters. The summed E-state index contributed by atoms with van der Waals surface area (Å²) in [5.41, 5.74) is 0.711. The van der Waals surface area contributed by atoms with Crippen LogP contribution in [0.5, 0.6) is 5.75 Å².